The molecule has 1 unspecified atom stereocenters. The Labute approximate surface area is 132 Å². The molecule has 0 radical (unpaired) electrons. The molecule has 6 heteroatoms. The molecule has 3 aromatic rings. The number of hydrogen-bond donors (Lipinski definition) is 0. The van der Waals surface area contributed by atoms with E-state index in [2.05, 4.69) is 10.1 Å². The number of rotatable bonds is 4. The van der Waals surface area contributed by atoms with Crippen LogP contribution >= 0.6 is 0 Å². The van der Waals surface area contributed by atoms with E-state index in [1.807, 2.05) is 38.1 Å². The van der Waals surface area contributed by atoms with Gasteiger partial charge in [0, 0.05) is 17.7 Å². The Balaban J connectivity index is 1.84. The van der Waals surface area contributed by atoms with Crippen molar-refractivity contribution in [3.63, 3.8) is 0 Å². The zero-order chi connectivity index (χ0) is 16.4. The zero-order valence-corrected chi connectivity index (χ0v) is 12.8. The third-order valence-electron chi connectivity index (χ3n) is 3.73. The summed E-state index contributed by atoms with van der Waals surface area (Å²) < 4.78 is 5.35. The van der Waals surface area contributed by atoms with Crippen molar-refractivity contribution in [1.29, 1.82) is 0 Å². The molecule has 0 bridgehead atoms. The summed E-state index contributed by atoms with van der Waals surface area (Å²) >= 11 is 0. The molecule has 0 aliphatic carbocycles. The average Bonchev–Trinajstić information content (AvgIpc) is 3.05. The van der Waals surface area contributed by atoms with Crippen LogP contribution in [0.25, 0.3) is 11.4 Å². The van der Waals surface area contributed by atoms with Crippen molar-refractivity contribution in [2.45, 2.75) is 19.8 Å². The molecule has 6 nitrogen and oxygen atoms in total. The van der Waals surface area contributed by atoms with Gasteiger partial charge in [-0.2, -0.15) is 4.98 Å². The van der Waals surface area contributed by atoms with Gasteiger partial charge in [0.25, 0.3) is 5.69 Å². The summed E-state index contributed by atoms with van der Waals surface area (Å²) in [4.78, 5) is 14.7. The van der Waals surface area contributed by atoms with Crippen LogP contribution in [0.5, 0.6) is 0 Å². The van der Waals surface area contributed by atoms with Gasteiger partial charge < -0.3 is 4.52 Å². The first-order valence-electron chi connectivity index (χ1n) is 7.19. The Hall–Kier alpha value is -3.02. The van der Waals surface area contributed by atoms with E-state index in [9.17, 15) is 10.1 Å². The van der Waals surface area contributed by atoms with Gasteiger partial charge in [-0.1, -0.05) is 47.1 Å². The molecular weight excluding hydrogens is 294 g/mol. The molecule has 1 atom stereocenters. The molecule has 0 aliphatic rings. The van der Waals surface area contributed by atoms with Crippen LogP contribution in [-0.2, 0) is 0 Å². The SMILES string of the molecule is Cc1ccc(-c2noc(C(C)c3ccc([N+](=O)[O-])cc3)n2)cc1. The van der Waals surface area contributed by atoms with E-state index in [1.165, 1.54) is 12.1 Å². The summed E-state index contributed by atoms with van der Waals surface area (Å²) in [6.07, 6.45) is 0. The maximum absolute atomic E-state index is 10.7. The average molecular weight is 309 g/mol. The Kier molecular flexibility index (Phi) is 3.89. The zero-order valence-electron chi connectivity index (χ0n) is 12.8. The lowest BCUT2D eigenvalue weighted by atomic mass is 10.0. The predicted molar refractivity (Wildman–Crippen MR) is 85.1 cm³/mol. The number of nitro groups is 1. The molecule has 23 heavy (non-hydrogen) atoms. The number of benzene rings is 2. The van der Waals surface area contributed by atoms with Crippen molar-refractivity contribution in [3.05, 3.63) is 75.7 Å². The fraction of sp³-hybridized carbons (Fsp3) is 0.176. The highest BCUT2D eigenvalue weighted by atomic mass is 16.6. The summed E-state index contributed by atoms with van der Waals surface area (Å²) in [5, 5.41) is 14.7. The van der Waals surface area contributed by atoms with Crippen molar-refractivity contribution in [2.24, 2.45) is 0 Å². The third kappa shape index (κ3) is 3.11. The third-order valence-corrected chi connectivity index (χ3v) is 3.73. The lowest BCUT2D eigenvalue weighted by molar-refractivity contribution is -0.384. The molecule has 0 N–H and O–H groups in total. The van der Waals surface area contributed by atoms with Crippen LogP contribution in [0.15, 0.2) is 53.1 Å². The summed E-state index contributed by atoms with van der Waals surface area (Å²) in [5.74, 6) is 0.880. The Morgan fingerprint density at radius 3 is 2.35 bits per heavy atom. The number of aryl methyl sites for hydroxylation is 1. The van der Waals surface area contributed by atoms with E-state index in [4.69, 9.17) is 4.52 Å². The van der Waals surface area contributed by atoms with Crippen LogP contribution in [0, 0.1) is 17.0 Å². The van der Waals surface area contributed by atoms with E-state index >= 15 is 0 Å². The first-order valence-corrected chi connectivity index (χ1v) is 7.19. The molecule has 0 saturated heterocycles. The fourth-order valence-electron chi connectivity index (χ4n) is 2.26. The second kappa shape index (κ2) is 6.00. The monoisotopic (exact) mass is 309 g/mol. The second-order valence-electron chi connectivity index (χ2n) is 5.39. The van der Waals surface area contributed by atoms with Crippen molar-refractivity contribution < 1.29 is 9.45 Å². The summed E-state index contributed by atoms with van der Waals surface area (Å²) in [6, 6.07) is 14.2. The molecule has 1 aromatic heterocycles. The van der Waals surface area contributed by atoms with Crippen molar-refractivity contribution >= 4 is 5.69 Å². The summed E-state index contributed by atoms with van der Waals surface area (Å²) in [6.45, 7) is 3.94. The van der Waals surface area contributed by atoms with Crippen LogP contribution in [-0.4, -0.2) is 15.1 Å². The van der Waals surface area contributed by atoms with Gasteiger partial charge in [-0.15, -0.1) is 0 Å². The molecule has 116 valence electrons. The van der Waals surface area contributed by atoms with Crippen LogP contribution in [0.1, 0.15) is 29.9 Å². The molecule has 0 aliphatic heterocycles. The fourth-order valence-corrected chi connectivity index (χ4v) is 2.26. The van der Waals surface area contributed by atoms with Crippen LogP contribution in [0.3, 0.4) is 0 Å². The number of nitrogens with zero attached hydrogens (tertiary/aromatic N) is 3. The van der Waals surface area contributed by atoms with Gasteiger partial charge in [-0.25, -0.2) is 0 Å². The second-order valence-corrected chi connectivity index (χ2v) is 5.39. The summed E-state index contributed by atoms with van der Waals surface area (Å²) in [5.41, 5.74) is 3.00. The normalized spacial score (nSPS) is 12.1. The largest absolute Gasteiger partial charge is 0.338 e. The van der Waals surface area contributed by atoms with Crippen molar-refractivity contribution in [3.8, 4) is 11.4 Å². The molecule has 0 spiro atoms. The van der Waals surface area contributed by atoms with Crippen LogP contribution < -0.4 is 0 Å². The Bertz CT molecular complexity index is 823. The Morgan fingerprint density at radius 2 is 1.74 bits per heavy atom. The molecule has 0 saturated carbocycles. The van der Waals surface area contributed by atoms with Crippen LogP contribution in [0.4, 0.5) is 5.69 Å². The lowest BCUT2D eigenvalue weighted by Crippen LogP contribution is -1.97. The van der Waals surface area contributed by atoms with E-state index in [-0.39, 0.29) is 11.6 Å². The molecule has 3 rings (SSSR count). The highest BCUT2D eigenvalue weighted by Crippen LogP contribution is 2.26. The van der Waals surface area contributed by atoms with E-state index < -0.39 is 4.92 Å². The van der Waals surface area contributed by atoms with Gasteiger partial charge in [-0.3, -0.25) is 10.1 Å². The minimum atomic E-state index is -0.420. The minimum Gasteiger partial charge on any atom is -0.338 e. The topological polar surface area (TPSA) is 82.1 Å². The smallest absolute Gasteiger partial charge is 0.269 e. The molecule has 0 amide bonds. The van der Waals surface area contributed by atoms with Crippen molar-refractivity contribution in [2.75, 3.05) is 0 Å². The quantitative estimate of drug-likeness (QED) is 0.535. The number of nitro benzene ring substituents is 1. The first-order chi connectivity index (χ1) is 11.0. The number of non-ortho nitro benzene ring substituents is 1. The Morgan fingerprint density at radius 1 is 1.09 bits per heavy atom. The van der Waals surface area contributed by atoms with Gasteiger partial charge in [0.2, 0.25) is 11.7 Å². The highest BCUT2D eigenvalue weighted by molar-refractivity contribution is 5.54. The van der Waals surface area contributed by atoms with Gasteiger partial charge >= 0.3 is 0 Å². The minimum absolute atomic E-state index is 0.0619. The number of hydrogen-bond acceptors (Lipinski definition) is 5. The van der Waals surface area contributed by atoms with Gasteiger partial charge in [0.05, 0.1) is 10.8 Å². The van der Waals surface area contributed by atoms with Gasteiger partial charge in [0.1, 0.15) is 0 Å². The van der Waals surface area contributed by atoms with Gasteiger partial charge in [0.15, 0.2) is 0 Å². The van der Waals surface area contributed by atoms with E-state index in [0.29, 0.717) is 11.7 Å². The van der Waals surface area contributed by atoms with Crippen molar-refractivity contribution in [1.82, 2.24) is 10.1 Å². The predicted octanol–water partition coefficient (Wildman–Crippen LogP) is 4.11. The summed E-state index contributed by atoms with van der Waals surface area (Å²) in [7, 11) is 0. The first kappa shape index (κ1) is 14.9. The highest BCUT2D eigenvalue weighted by Gasteiger charge is 2.18. The molecule has 1 heterocycles. The van der Waals surface area contributed by atoms with Crippen LogP contribution in [0.2, 0.25) is 0 Å². The lowest BCUT2D eigenvalue weighted by Gasteiger charge is -2.05. The van der Waals surface area contributed by atoms with E-state index in [1.54, 1.807) is 12.1 Å². The standard InChI is InChI=1S/C17H15N3O3/c1-11-3-5-14(6-4-11)16-18-17(23-19-16)12(2)13-7-9-15(10-8-13)20(21)22/h3-10,12H,1-2H3. The molecule has 2 aromatic carbocycles. The van der Waals surface area contributed by atoms with Gasteiger partial charge in [-0.05, 0) is 19.4 Å². The van der Waals surface area contributed by atoms with E-state index in [0.717, 1.165) is 16.7 Å². The number of aromatic nitrogens is 2. The maximum Gasteiger partial charge on any atom is 0.269 e. The maximum atomic E-state index is 10.7. The molecule has 0 fully saturated rings. The molecular formula is C17H15N3O3.